The molecule has 0 spiro atoms. The molecule has 0 radical (unpaired) electrons. The van der Waals surface area contributed by atoms with Crippen LogP contribution in [0.5, 0.6) is 0 Å². The Labute approximate surface area is 93.2 Å². The molecule has 1 heterocycles. The van der Waals surface area contributed by atoms with Gasteiger partial charge in [-0.3, -0.25) is 0 Å². The van der Waals surface area contributed by atoms with Crippen molar-refractivity contribution >= 4 is 5.82 Å². The van der Waals surface area contributed by atoms with Gasteiger partial charge in [0, 0.05) is 11.1 Å². The second-order valence-electron chi connectivity index (χ2n) is 3.69. The van der Waals surface area contributed by atoms with Gasteiger partial charge in [0.2, 0.25) is 0 Å². The minimum Gasteiger partial charge on any atom is -0.383 e. The normalized spacial score (nSPS) is 10.4. The molecule has 0 fully saturated rings. The Kier molecular flexibility index (Phi) is 2.56. The van der Waals surface area contributed by atoms with Crippen molar-refractivity contribution in [3.8, 4) is 11.3 Å². The van der Waals surface area contributed by atoms with Crippen molar-refractivity contribution in [3.05, 3.63) is 41.5 Å². The third-order valence-corrected chi connectivity index (χ3v) is 2.58. The van der Waals surface area contributed by atoms with Gasteiger partial charge in [-0.15, -0.1) is 0 Å². The van der Waals surface area contributed by atoms with Gasteiger partial charge in [-0.1, -0.05) is 6.07 Å². The van der Waals surface area contributed by atoms with E-state index >= 15 is 0 Å². The van der Waals surface area contributed by atoms with Crippen LogP contribution in [0.2, 0.25) is 0 Å². The van der Waals surface area contributed by atoms with Crippen LogP contribution >= 0.6 is 0 Å². The van der Waals surface area contributed by atoms with Crippen LogP contribution < -0.4 is 5.73 Å². The largest absolute Gasteiger partial charge is 0.383 e. The molecular formula is C12H12FN3. The molecule has 2 aromatic rings. The lowest BCUT2D eigenvalue weighted by molar-refractivity contribution is 0.628. The number of halogens is 1. The Morgan fingerprint density at radius 1 is 1.19 bits per heavy atom. The van der Waals surface area contributed by atoms with Crippen LogP contribution in [0.1, 0.15) is 11.1 Å². The zero-order valence-corrected chi connectivity index (χ0v) is 9.16. The summed E-state index contributed by atoms with van der Waals surface area (Å²) in [6.45, 7) is 3.74. The van der Waals surface area contributed by atoms with Crippen LogP contribution in [0, 0.1) is 19.7 Å². The van der Waals surface area contributed by atoms with E-state index in [1.54, 1.807) is 6.07 Å². The SMILES string of the molecule is Cc1ccc(F)cc1-c1ncnc(N)c1C. The van der Waals surface area contributed by atoms with Crippen molar-refractivity contribution in [1.29, 1.82) is 0 Å². The van der Waals surface area contributed by atoms with E-state index in [0.717, 1.165) is 16.7 Å². The maximum absolute atomic E-state index is 13.2. The average Bonchev–Trinajstić information content (AvgIpc) is 2.26. The summed E-state index contributed by atoms with van der Waals surface area (Å²) in [4.78, 5) is 8.04. The Morgan fingerprint density at radius 3 is 2.69 bits per heavy atom. The molecule has 2 rings (SSSR count). The minimum absolute atomic E-state index is 0.280. The summed E-state index contributed by atoms with van der Waals surface area (Å²) in [6.07, 6.45) is 1.39. The third kappa shape index (κ3) is 1.74. The molecule has 0 aliphatic rings. The average molecular weight is 217 g/mol. The molecular weight excluding hydrogens is 205 g/mol. The number of nitrogen functional groups attached to an aromatic ring is 1. The van der Waals surface area contributed by atoms with Gasteiger partial charge in [0.25, 0.3) is 0 Å². The van der Waals surface area contributed by atoms with Crippen LogP contribution in [0.3, 0.4) is 0 Å². The second kappa shape index (κ2) is 3.89. The number of nitrogens with two attached hydrogens (primary N) is 1. The number of nitrogens with zero attached hydrogens (tertiary/aromatic N) is 2. The Hall–Kier alpha value is -1.97. The monoisotopic (exact) mass is 217 g/mol. The molecule has 16 heavy (non-hydrogen) atoms. The summed E-state index contributed by atoms with van der Waals surface area (Å²) in [5.74, 6) is 0.144. The first-order valence-corrected chi connectivity index (χ1v) is 4.93. The topological polar surface area (TPSA) is 51.8 Å². The van der Waals surface area contributed by atoms with Gasteiger partial charge < -0.3 is 5.73 Å². The maximum atomic E-state index is 13.2. The van der Waals surface area contributed by atoms with Gasteiger partial charge in [0.1, 0.15) is 18.0 Å². The van der Waals surface area contributed by atoms with E-state index in [9.17, 15) is 4.39 Å². The zero-order chi connectivity index (χ0) is 11.7. The summed E-state index contributed by atoms with van der Waals surface area (Å²) in [5, 5.41) is 0. The second-order valence-corrected chi connectivity index (χ2v) is 3.69. The molecule has 2 N–H and O–H groups in total. The highest BCUT2D eigenvalue weighted by molar-refractivity contribution is 5.69. The van der Waals surface area contributed by atoms with E-state index in [1.165, 1.54) is 18.5 Å². The highest BCUT2D eigenvalue weighted by Crippen LogP contribution is 2.26. The number of hydrogen-bond acceptors (Lipinski definition) is 3. The van der Waals surface area contributed by atoms with Gasteiger partial charge in [-0.05, 0) is 31.5 Å². The van der Waals surface area contributed by atoms with E-state index in [4.69, 9.17) is 5.73 Å². The number of rotatable bonds is 1. The van der Waals surface area contributed by atoms with Gasteiger partial charge in [-0.25, -0.2) is 14.4 Å². The molecule has 4 heteroatoms. The predicted molar refractivity (Wildman–Crippen MR) is 61.3 cm³/mol. The van der Waals surface area contributed by atoms with Crippen LogP contribution in [0.15, 0.2) is 24.5 Å². The lowest BCUT2D eigenvalue weighted by Gasteiger charge is -2.09. The lowest BCUT2D eigenvalue weighted by Crippen LogP contribution is -1.99. The number of hydrogen-bond donors (Lipinski definition) is 1. The van der Waals surface area contributed by atoms with E-state index in [2.05, 4.69) is 9.97 Å². The van der Waals surface area contributed by atoms with Crippen molar-refractivity contribution in [1.82, 2.24) is 9.97 Å². The van der Waals surface area contributed by atoms with Crippen LogP contribution in [0.4, 0.5) is 10.2 Å². The van der Waals surface area contributed by atoms with E-state index < -0.39 is 0 Å². The molecule has 0 atom stereocenters. The highest BCUT2D eigenvalue weighted by Gasteiger charge is 2.10. The first-order chi connectivity index (χ1) is 7.59. The molecule has 0 bridgehead atoms. The Bertz CT molecular complexity index is 538. The van der Waals surface area contributed by atoms with E-state index in [1.807, 2.05) is 13.8 Å². The van der Waals surface area contributed by atoms with Crippen molar-refractivity contribution in [2.24, 2.45) is 0 Å². The van der Waals surface area contributed by atoms with Crippen molar-refractivity contribution in [2.75, 3.05) is 5.73 Å². The standard InChI is InChI=1S/C12H12FN3/c1-7-3-4-9(13)5-10(7)11-8(2)12(14)16-6-15-11/h3-6H,1-2H3,(H2,14,15,16). The molecule has 1 aromatic carbocycles. The predicted octanol–water partition coefficient (Wildman–Crippen LogP) is 2.48. The van der Waals surface area contributed by atoms with E-state index in [0.29, 0.717) is 11.5 Å². The molecule has 0 amide bonds. The van der Waals surface area contributed by atoms with Gasteiger partial charge in [0.15, 0.2) is 0 Å². The van der Waals surface area contributed by atoms with Crippen LogP contribution in [-0.4, -0.2) is 9.97 Å². The molecule has 1 aromatic heterocycles. The van der Waals surface area contributed by atoms with Crippen molar-refractivity contribution in [3.63, 3.8) is 0 Å². The molecule has 0 saturated heterocycles. The minimum atomic E-state index is -0.280. The van der Waals surface area contributed by atoms with Gasteiger partial charge in [0.05, 0.1) is 5.69 Å². The maximum Gasteiger partial charge on any atom is 0.130 e. The summed E-state index contributed by atoms with van der Waals surface area (Å²) in [6, 6.07) is 4.62. The lowest BCUT2D eigenvalue weighted by atomic mass is 10.0. The third-order valence-electron chi connectivity index (χ3n) is 2.58. The Balaban J connectivity index is 2.67. The van der Waals surface area contributed by atoms with Crippen molar-refractivity contribution in [2.45, 2.75) is 13.8 Å². The fourth-order valence-corrected chi connectivity index (χ4v) is 1.58. The Morgan fingerprint density at radius 2 is 1.94 bits per heavy atom. The number of aryl methyl sites for hydroxylation is 1. The van der Waals surface area contributed by atoms with E-state index in [-0.39, 0.29) is 5.82 Å². The number of benzene rings is 1. The molecule has 0 aliphatic heterocycles. The fraction of sp³-hybridized carbons (Fsp3) is 0.167. The smallest absolute Gasteiger partial charge is 0.130 e. The van der Waals surface area contributed by atoms with Crippen LogP contribution in [0.25, 0.3) is 11.3 Å². The zero-order valence-electron chi connectivity index (χ0n) is 9.16. The first-order valence-electron chi connectivity index (χ1n) is 4.93. The summed E-state index contributed by atoms with van der Waals surface area (Å²) >= 11 is 0. The molecule has 0 saturated carbocycles. The summed E-state index contributed by atoms with van der Waals surface area (Å²) in [7, 11) is 0. The van der Waals surface area contributed by atoms with Crippen molar-refractivity contribution < 1.29 is 4.39 Å². The van der Waals surface area contributed by atoms with Gasteiger partial charge in [-0.2, -0.15) is 0 Å². The molecule has 0 aliphatic carbocycles. The first kappa shape index (κ1) is 10.5. The highest BCUT2D eigenvalue weighted by atomic mass is 19.1. The molecule has 3 nitrogen and oxygen atoms in total. The number of aromatic nitrogens is 2. The van der Waals surface area contributed by atoms with Gasteiger partial charge >= 0.3 is 0 Å². The number of anilines is 1. The van der Waals surface area contributed by atoms with Crippen LogP contribution in [-0.2, 0) is 0 Å². The fourth-order valence-electron chi connectivity index (χ4n) is 1.58. The quantitative estimate of drug-likeness (QED) is 0.798. The summed E-state index contributed by atoms with van der Waals surface area (Å²) in [5.41, 5.74) is 8.88. The molecule has 82 valence electrons. The molecule has 0 unspecified atom stereocenters. The summed E-state index contributed by atoms with van der Waals surface area (Å²) < 4.78 is 13.2.